The lowest BCUT2D eigenvalue weighted by molar-refractivity contribution is 0.0980. The summed E-state index contributed by atoms with van der Waals surface area (Å²) in [6.45, 7) is 8.10. The molecule has 0 radical (unpaired) electrons. The maximum atomic E-state index is 12.2. The number of anilines is 1. The molecule has 0 aliphatic rings. The first-order chi connectivity index (χ1) is 10.4. The lowest BCUT2D eigenvalue weighted by Crippen LogP contribution is -2.37. The van der Waals surface area contributed by atoms with E-state index in [2.05, 4.69) is 31.4 Å². The summed E-state index contributed by atoms with van der Waals surface area (Å²) in [6, 6.07) is 7.69. The number of rotatable bonds is 10. The second-order valence-electron chi connectivity index (χ2n) is 6.64. The minimum atomic E-state index is 0.0399. The molecule has 1 rings (SSSR count). The van der Waals surface area contributed by atoms with Crippen molar-refractivity contribution >= 4 is 11.5 Å². The van der Waals surface area contributed by atoms with Gasteiger partial charge in [-0.2, -0.15) is 0 Å². The SMILES string of the molecule is CC(C)(C)NCCC(=O)c1cccc(NCCCCCO)c1. The van der Waals surface area contributed by atoms with Gasteiger partial charge in [0, 0.05) is 42.9 Å². The Hall–Kier alpha value is -1.39. The van der Waals surface area contributed by atoms with Gasteiger partial charge in [0.25, 0.3) is 0 Å². The van der Waals surface area contributed by atoms with Crippen molar-refractivity contribution in [1.29, 1.82) is 0 Å². The zero-order chi connectivity index (χ0) is 16.4. The van der Waals surface area contributed by atoms with Gasteiger partial charge in [0.2, 0.25) is 0 Å². The number of Topliss-reactive ketones (excluding diaryl/α,β-unsaturated/α-hetero) is 1. The smallest absolute Gasteiger partial charge is 0.164 e. The summed E-state index contributed by atoms with van der Waals surface area (Å²) in [7, 11) is 0. The van der Waals surface area contributed by atoms with Crippen LogP contribution in [-0.2, 0) is 0 Å². The van der Waals surface area contributed by atoms with Crippen LogP contribution in [0.25, 0.3) is 0 Å². The van der Waals surface area contributed by atoms with E-state index >= 15 is 0 Å². The van der Waals surface area contributed by atoms with E-state index < -0.39 is 0 Å². The molecule has 4 heteroatoms. The van der Waals surface area contributed by atoms with Crippen molar-refractivity contribution in [3.8, 4) is 0 Å². The molecular weight excluding hydrogens is 276 g/mol. The zero-order valence-electron chi connectivity index (χ0n) is 14.1. The van der Waals surface area contributed by atoms with Crippen molar-refractivity contribution in [1.82, 2.24) is 5.32 Å². The number of carbonyl (C=O) groups excluding carboxylic acids is 1. The Morgan fingerprint density at radius 3 is 2.59 bits per heavy atom. The van der Waals surface area contributed by atoms with Crippen LogP contribution in [0.5, 0.6) is 0 Å². The molecular formula is C18H30N2O2. The van der Waals surface area contributed by atoms with Crippen molar-refractivity contribution in [2.24, 2.45) is 0 Å². The molecule has 3 N–H and O–H groups in total. The van der Waals surface area contributed by atoms with E-state index in [0.717, 1.165) is 37.1 Å². The Morgan fingerprint density at radius 1 is 1.14 bits per heavy atom. The number of ketones is 1. The topological polar surface area (TPSA) is 61.4 Å². The summed E-state index contributed by atoms with van der Waals surface area (Å²) >= 11 is 0. The highest BCUT2D eigenvalue weighted by molar-refractivity contribution is 5.97. The maximum absolute atomic E-state index is 12.2. The van der Waals surface area contributed by atoms with Gasteiger partial charge in [-0.25, -0.2) is 0 Å². The highest BCUT2D eigenvalue weighted by Gasteiger charge is 2.11. The first kappa shape index (κ1) is 18.7. The summed E-state index contributed by atoms with van der Waals surface area (Å²) in [5.74, 6) is 0.167. The Morgan fingerprint density at radius 2 is 1.91 bits per heavy atom. The first-order valence-corrected chi connectivity index (χ1v) is 8.15. The van der Waals surface area contributed by atoms with Crippen LogP contribution in [0.4, 0.5) is 5.69 Å². The molecule has 0 fully saturated rings. The van der Waals surface area contributed by atoms with E-state index in [1.165, 1.54) is 0 Å². The monoisotopic (exact) mass is 306 g/mol. The summed E-state index contributed by atoms with van der Waals surface area (Å²) in [6.07, 6.45) is 3.40. The fraction of sp³-hybridized carbons (Fsp3) is 0.611. The van der Waals surface area contributed by atoms with Gasteiger partial charge in [-0.05, 0) is 52.2 Å². The molecule has 0 aliphatic carbocycles. The fourth-order valence-corrected chi connectivity index (χ4v) is 2.14. The molecule has 1 aromatic rings. The number of nitrogens with one attached hydrogen (secondary N) is 2. The normalized spacial score (nSPS) is 11.5. The van der Waals surface area contributed by atoms with Crippen LogP contribution in [-0.4, -0.2) is 36.1 Å². The van der Waals surface area contributed by atoms with Gasteiger partial charge >= 0.3 is 0 Å². The van der Waals surface area contributed by atoms with Crippen LogP contribution < -0.4 is 10.6 Å². The average molecular weight is 306 g/mol. The van der Waals surface area contributed by atoms with Gasteiger partial charge in [-0.1, -0.05) is 12.1 Å². The molecule has 0 aliphatic heterocycles. The zero-order valence-corrected chi connectivity index (χ0v) is 14.1. The summed E-state index contributed by atoms with van der Waals surface area (Å²) in [4.78, 5) is 12.2. The van der Waals surface area contributed by atoms with Crippen molar-refractivity contribution in [2.45, 2.75) is 52.0 Å². The van der Waals surface area contributed by atoms with Crippen molar-refractivity contribution in [2.75, 3.05) is 25.0 Å². The molecule has 0 unspecified atom stereocenters. The molecule has 0 aromatic heterocycles. The van der Waals surface area contributed by atoms with Gasteiger partial charge in [-0.15, -0.1) is 0 Å². The summed E-state index contributed by atoms with van der Waals surface area (Å²) in [5, 5.41) is 15.4. The van der Waals surface area contributed by atoms with Crippen LogP contribution >= 0.6 is 0 Å². The van der Waals surface area contributed by atoms with Crippen LogP contribution in [0.15, 0.2) is 24.3 Å². The summed E-state index contributed by atoms with van der Waals surface area (Å²) < 4.78 is 0. The molecule has 0 saturated heterocycles. The first-order valence-electron chi connectivity index (χ1n) is 8.15. The summed E-state index contributed by atoms with van der Waals surface area (Å²) in [5.41, 5.74) is 1.79. The Bertz CT molecular complexity index is 453. The third-order valence-corrected chi connectivity index (χ3v) is 3.36. The van der Waals surface area contributed by atoms with E-state index in [-0.39, 0.29) is 17.9 Å². The number of aliphatic hydroxyl groups excluding tert-OH is 1. The molecule has 0 spiro atoms. The molecule has 0 atom stereocenters. The van der Waals surface area contributed by atoms with Gasteiger partial charge in [0.1, 0.15) is 0 Å². The molecule has 1 aromatic carbocycles. The predicted molar refractivity (Wildman–Crippen MR) is 92.6 cm³/mol. The quantitative estimate of drug-likeness (QED) is 0.459. The minimum absolute atomic E-state index is 0.0399. The van der Waals surface area contributed by atoms with Crippen molar-refractivity contribution < 1.29 is 9.90 Å². The van der Waals surface area contributed by atoms with Gasteiger partial charge in [-0.3, -0.25) is 4.79 Å². The number of unbranched alkanes of at least 4 members (excludes halogenated alkanes) is 2. The third kappa shape index (κ3) is 8.15. The molecule has 4 nitrogen and oxygen atoms in total. The molecule has 124 valence electrons. The van der Waals surface area contributed by atoms with E-state index in [1.807, 2.05) is 24.3 Å². The standard InChI is InChI=1S/C18H30N2O2/c1-18(2,3)20-12-10-17(22)15-8-7-9-16(14-15)19-11-5-4-6-13-21/h7-9,14,19-21H,4-6,10-13H2,1-3H3. The van der Waals surface area contributed by atoms with E-state index in [4.69, 9.17) is 5.11 Å². The minimum Gasteiger partial charge on any atom is -0.396 e. The molecule has 0 bridgehead atoms. The number of hydrogen-bond donors (Lipinski definition) is 3. The maximum Gasteiger partial charge on any atom is 0.164 e. The third-order valence-electron chi connectivity index (χ3n) is 3.36. The van der Waals surface area contributed by atoms with Gasteiger partial charge in [0.15, 0.2) is 5.78 Å². The molecule has 22 heavy (non-hydrogen) atoms. The largest absolute Gasteiger partial charge is 0.396 e. The number of aliphatic hydroxyl groups is 1. The fourth-order valence-electron chi connectivity index (χ4n) is 2.14. The Labute approximate surface area is 134 Å². The molecule has 0 saturated carbocycles. The second-order valence-corrected chi connectivity index (χ2v) is 6.64. The van der Waals surface area contributed by atoms with Crippen LogP contribution in [0, 0.1) is 0 Å². The highest BCUT2D eigenvalue weighted by atomic mass is 16.2. The molecule has 0 heterocycles. The van der Waals surface area contributed by atoms with Crippen LogP contribution in [0.3, 0.4) is 0 Å². The van der Waals surface area contributed by atoms with E-state index in [1.54, 1.807) is 0 Å². The number of carbonyl (C=O) groups is 1. The number of benzene rings is 1. The van der Waals surface area contributed by atoms with Crippen LogP contribution in [0.2, 0.25) is 0 Å². The molecule has 0 amide bonds. The lowest BCUT2D eigenvalue weighted by Gasteiger charge is -2.20. The lowest BCUT2D eigenvalue weighted by atomic mass is 10.1. The van der Waals surface area contributed by atoms with E-state index in [9.17, 15) is 4.79 Å². The highest BCUT2D eigenvalue weighted by Crippen LogP contribution is 2.13. The van der Waals surface area contributed by atoms with Gasteiger partial charge in [0.05, 0.1) is 0 Å². The number of hydrogen-bond acceptors (Lipinski definition) is 4. The Kier molecular flexibility index (Phi) is 8.13. The predicted octanol–water partition coefficient (Wildman–Crippen LogP) is 3.22. The van der Waals surface area contributed by atoms with Crippen molar-refractivity contribution in [3.05, 3.63) is 29.8 Å². The second kappa shape index (κ2) is 9.59. The Balaban J connectivity index is 2.40. The van der Waals surface area contributed by atoms with Gasteiger partial charge < -0.3 is 15.7 Å². The van der Waals surface area contributed by atoms with Crippen LogP contribution in [0.1, 0.15) is 56.8 Å². The van der Waals surface area contributed by atoms with Crippen molar-refractivity contribution in [3.63, 3.8) is 0 Å². The van der Waals surface area contributed by atoms with E-state index in [0.29, 0.717) is 13.0 Å². The average Bonchev–Trinajstić information content (AvgIpc) is 2.46.